The maximum atomic E-state index is 12.2. The lowest BCUT2D eigenvalue weighted by Crippen LogP contribution is -2.24. The summed E-state index contributed by atoms with van der Waals surface area (Å²) >= 11 is 0. The molecule has 6 heterocycles. The van der Waals surface area contributed by atoms with Crippen molar-refractivity contribution in [1.82, 2.24) is 18.3 Å². The molecule has 2 saturated heterocycles. The smallest absolute Gasteiger partial charge is 0.253 e. The monoisotopic (exact) mass is 1450 g/mol. The Kier molecular flexibility index (Phi) is 24.4. The average molecular weight is 1450 g/mol. The molecule has 4 fully saturated rings. The first-order valence-electron chi connectivity index (χ1n) is 39.4. The third-order valence-corrected chi connectivity index (χ3v) is 23.6. The van der Waals surface area contributed by atoms with E-state index in [-0.39, 0.29) is 34.4 Å². The molecule has 0 bridgehead atoms. The minimum Gasteiger partial charge on any atom is -0.378 e. The Morgan fingerprint density at radius 1 is 0.346 bits per heavy atom. The Hall–Kier alpha value is -8.80. The molecule has 6 aliphatic carbocycles. The third kappa shape index (κ3) is 18.0. The molecule has 0 spiro atoms. The topological polar surface area (TPSA) is 193 Å². The fourth-order valence-electron chi connectivity index (χ4n) is 17.3. The zero-order chi connectivity index (χ0) is 75.2. The first-order chi connectivity index (χ1) is 51.6. The number of carbonyl (C=O) groups is 4. The highest BCUT2D eigenvalue weighted by atomic mass is 16.5. The second-order valence-electron chi connectivity index (χ2n) is 31.6. The summed E-state index contributed by atoms with van der Waals surface area (Å²) in [7, 11) is 7.16. The molecule has 2 aliphatic heterocycles. The largest absolute Gasteiger partial charge is 0.378 e. The number of hydrogen-bond donors (Lipinski definition) is 0. The van der Waals surface area contributed by atoms with Gasteiger partial charge in [0.15, 0.2) is 0 Å². The first kappa shape index (κ1) is 76.4. The molecular formula is C91H106N4O12. The number of hydrogen-bond acceptors (Lipinski definition) is 12. The van der Waals surface area contributed by atoms with Gasteiger partial charge in [-0.3, -0.25) is 38.4 Å². The van der Waals surface area contributed by atoms with Crippen molar-refractivity contribution in [3.05, 3.63) is 228 Å². The molecule has 562 valence electrons. The molecule has 16 nitrogen and oxygen atoms in total. The Labute approximate surface area is 628 Å². The predicted molar refractivity (Wildman–Crippen MR) is 420 cm³/mol. The molecule has 2 unspecified atom stereocenters. The number of Topliss-reactive ketones (excluding diaryl/α,β-unsaturated/α-hetero) is 4. The molecule has 2 atom stereocenters. The van der Waals surface area contributed by atoms with E-state index < -0.39 is 0 Å². The highest BCUT2D eigenvalue weighted by Crippen LogP contribution is 2.39. The van der Waals surface area contributed by atoms with E-state index >= 15 is 0 Å². The van der Waals surface area contributed by atoms with Crippen LogP contribution >= 0.6 is 0 Å². The lowest BCUT2D eigenvalue weighted by Gasteiger charge is -2.28. The number of rotatable bonds is 14. The van der Waals surface area contributed by atoms with Gasteiger partial charge < -0.3 is 37.2 Å². The first-order valence-corrected chi connectivity index (χ1v) is 39.4. The van der Waals surface area contributed by atoms with Gasteiger partial charge >= 0.3 is 0 Å². The number of pyridine rings is 4. The molecule has 107 heavy (non-hydrogen) atoms. The van der Waals surface area contributed by atoms with Gasteiger partial charge in [0.2, 0.25) is 0 Å². The highest BCUT2D eigenvalue weighted by molar-refractivity contribution is 5.88. The lowest BCUT2D eigenvalue weighted by atomic mass is 9.81. The zero-order valence-corrected chi connectivity index (χ0v) is 64.2. The number of fused-ring (bicyclic) bond motifs is 4. The van der Waals surface area contributed by atoms with Crippen LogP contribution in [0, 0.1) is 27.7 Å². The van der Waals surface area contributed by atoms with Crippen LogP contribution in [0.5, 0.6) is 0 Å². The summed E-state index contributed by atoms with van der Waals surface area (Å²) in [4.78, 5) is 96.8. The van der Waals surface area contributed by atoms with Crippen molar-refractivity contribution in [2.45, 2.75) is 239 Å². The van der Waals surface area contributed by atoms with Crippen molar-refractivity contribution in [3.63, 3.8) is 0 Å². The van der Waals surface area contributed by atoms with Gasteiger partial charge in [0.1, 0.15) is 23.1 Å². The quantitative estimate of drug-likeness (QED) is 0.100. The minimum absolute atomic E-state index is 0.0224. The van der Waals surface area contributed by atoms with Crippen molar-refractivity contribution in [3.8, 4) is 44.5 Å². The summed E-state index contributed by atoms with van der Waals surface area (Å²) in [5, 5.41) is 0. The molecule has 0 radical (unpaired) electrons. The van der Waals surface area contributed by atoms with Crippen LogP contribution in [0.4, 0.5) is 0 Å². The van der Waals surface area contributed by atoms with Crippen molar-refractivity contribution >= 4 is 23.1 Å². The number of nitrogens with zero attached hydrogens (tertiary/aromatic N) is 4. The SMILES string of the molecule is Cc1cc(-c2cc3c(cc2CC2CCCCO2)CCC(=O)C3)cn(C)c1=O.Cc1cc(-c2ccc3c(c2CC2CCCCO2)CC(=O)CC3)cn(C)c1=O.Cc1cc(-c2ccc3c(c2COC2CCC2)CC(=O)CC3)cn(C)c1=O.Cc1cc(-c2ccc3c(c2COC2CCCC2)CC(=O)CC3)cn(C)c1=O. The number of benzene rings is 4. The lowest BCUT2D eigenvalue weighted by molar-refractivity contribution is -0.119. The van der Waals surface area contributed by atoms with E-state index in [0.29, 0.717) is 99.9 Å². The van der Waals surface area contributed by atoms with Crippen molar-refractivity contribution in [2.24, 2.45) is 28.2 Å². The normalized spacial score (nSPS) is 18.5. The minimum atomic E-state index is 0.0224. The van der Waals surface area contributed by atoms with Crippen LogP contribution in [0.15, 0.2) is 117 Å². The van der Waals surface area contributed by atoms with Gasteiger partial charge in [-0.05, 0) is 272 Å². The molecule has 0 amide bonds. The van der Waals surface area contributed by atoms with Crippen LogP contribution in [0.2, 0.25) is 0 Å². The van der Waals surface area contributed by atoms with Crippen LogP contribution in [0.1, 0.15) is 198 Å². The molecule has 4 aromatic heterocycles. The molecule has 16 heteroatoms. The number of carbonyl (C=O) groups excluding carboxylic acids is 4. The van der Waals surface area contributed by atoms with Crippen LogP contribution in [-0.4, -0.2) is 79.0 Å². The summed E-state index contributed by atoms with van der Waals surface area (Å²) in [6, 6.07) is 25.2. The Bertz CT molecular complexity index is 4790. The van der Waals surface area contributed by atoms with Crippen LogP contribution < -0.4 is 22.2 Å². The molecule has 8 aromatic rings. The fourth-order valence-corrected chi connectivity index (χ4v) is 17.3. The van der Waals surface area contributed by atoms with E-state index in [2.05, 4.69) is 48.5 Å². The van der Waals surface area contributed by atoms with Gasteiger partial charge in [-0.2, -0.15) is 0 Å². The van der Waals surface area contributed by atoms with Gasteiger partial charge in [0, 0.05) is 140 Å². The number of ketones is 4. The maximum absolute atomic E-state index is 12.2. The maximum Gasteiger partial charge on any atom is 0.253 e. The van der Waals surface area contributed by atoms with Gasteiger partial charge in [-0.25, -0.2) is 0 Å². The van der Waals surface area contributed by atoms with Crippen molar-refractivity contribution in [1.29, 1.82) is 0 Å². The molecule has 16 rings (SSSR count). The van der Waals surface area contributed by atoms with Gasteiger partial charge in [0.05, 0.1) is 37.6 Å². The molecular weight excluding hydrogens is 1340 g/mol. The highest BCUT2D eigenvalue weighted by Gasteiger charge is 2.30. The van der Waals surface area contributed by atoms with Gasteiger partial charge in [-0.15, -0.1) is 0 Å². The van der Waals surface area contributed by atoms with E-state index in [1.807, 2.05) is 76.7 Å². The molecule has 2 saturated carbocycles. The fraction of sp³-hybridized carbons (Fsp3) is 0.473. The van der Waals surface area contributed by atoms with Crippen molar-refractivity contribution < 1.29 is 38.1 Å². The predicted octanol–water partition coefficient (Wildman–Crippen LogP) is 14.4. The van der Waals surface area contributed by atoms with Gasteiger partial charge in [0.25, 0.3) is 22.2 Å². The second kappa shape index (κ2) is 34.2. The summed E-state index contributed by atoms with van der Waals surface area (Å²) < 4.78 is 31.0. The molecule has 8 aliphatic rings. The summed E-state index contributed by atoms with van der Waals surface area (Å²) in [6.07, 6.45) is 33.5. The molecule has 0 N–H and O–H groups in total. The van der Waals surface area contributed by atoms with Gasteiger partial charge in [-0.1, -0.05) is 61.4 Å². The van der Waals surface area contributed by atoms with E-state index in [0.717, 1.165) is 198 Å². The van der Waals surface area contributed by atoms with E-state index in [1.54, 1.807) is 46.5 Å². The van der Waals surface area contributed by atoms with E-state index in [4.69, 9.17) is 18.9 Å². The average Bonchev–Trinajstić information content (AvgIpc) is 1.80. The Balaban J connectivity index is 0.000000126. The zero-order valence-electron chi connectivity index (χ0n) is 64.2. The van der Waals surface area contributed by atoms with Crippen LogP contribution in [0.25, 0.3) is 44.5 Å². The Morgan fingerprint density at radius 2 is 0.692 bits per heavy atom. The number of aromatic nitrogens is 4. The van der Waals surface area contributed by atoms with Crippen LogP contribution in [0.3, 0.4) is 0 Å². The number of ether oxygens (including phenoxy) is 4. The van der Waals surface area contributed by atoms with Crippen LogP contribution in [-0.2, 0) is 144 Å². The van der Waals surface area contributed by atoms with E-state index in [9.17, 15) is 38.4 Å². The molecule has 4 aromatic carbocycles. The summed E-state index contributed by atoms with van der Waals surface area (Å²) in [5.74, 6) is 1.24. The number of aryl methyl sites for hydroxylation is 12. The summed E-state index contributed by atoms with van der Waals surface area (Å²) in [5.41, 5.74) is 26.1. The van der Waals surface area contributed by atoms with Crippen molar-refractivity contribution in [2.75, 3.05) is 13.2 Å². The third-order valence-electron chi connectivity index (χ3n) is 23.6. The standard InChI is InChI=1S/3C23H27NO3.C22H25NO3/c1-15-11-17(14-24(2)23(15)26)20-9-7-16-6-8-18(25)12-21(16)22(20)13-19-5-3-4-10-27-19;1-15-9-19(14-24(2)23(15)26)22-13-17-11-20(25)7-6-16(17)10-18(22)12-21-5-3-4-8-27-21;1-15-11-17(13-24(2)23(15)26)20-10-8-16-7-9-18(25)12-21(16)22(20)14-27-19-5-3-4-6-19;1-14-10-16(12-23(2)22(14)25)19-9-7-15-6-8-17(24)11-20(15)21(19)13-26-18-4-3-5-18/h7,9,11,14,19H,3-6,8,10,12-13H2,1-2H3;9-10,13-14,21H,3-8,11-12H2,1-2H3;8,10-11,13,19H,3-7,9,12,14H2,1-2H3;7,9-10,12,18H,3-6,8,11,13H2,1-2H3. The Morgan fingerprint density at radius 3 is 1.07 bits per heavy atom. The van der Waals surface area contributed by atoms with E-state index in [1.165, 1.54) is 71.0 Å². The summed E-state index contributed by atoms with van der Waals surface area (Å²) in [6.45, 7) is 10.2. The second-order valence-corrected chi connectivity index (χ2v) is 31.6.